The molecule has 30 heavy (non-hydrogen) atoms. The maximum atomic E-state index is 14.2. The quantitative estimate of drug-likeness (QED) is 0.438. The van der Waals surface area contributed by atoms with Gasteiger partial charge in [0.05, 0.1) is 30.7 Å². The van der Waals surface area contributed by atoms with Crippen molar-refractivity contribution in [3.05, 3.63) is 59.8 Å². The lowest BCUT2D eigenvalue weighted by atomic mass is 10.1. The van der Waals surface area contributed by atoms with Gasteiger partial charge >= 0.3 is 0 Å². The number of carbonyl (C=O) groups excluding carboxylic acids is 1. The Hall–Kier alpha value is -3.67. The van der Waals surface area contributed by atoms with Crippen molar-refractivity contribution in [1.82, 2.24) is 25.1 Å². The smallest absolute Gasteiger partial charge is 0.241 e. The number of anilines is 3. The van der Waals surface area contributed by atoms with E-state index in [0.717, 1.165) is 18.3 Å². The summed E-state index contributed by atoms with van der Waals surface area (Å²) in [5.41, 5.74) is 0.528. The molecule has 0 radical (unpaired) electrons. The van der Waals surface area contributed by atoms with E-state index in [2.05, 4.69) is 31.0 Å². The average Bonchev–Trinajstić information content (AvgIpc) is 3.14. The van der Waals surface area contributed by atoms with Gasteiger partial charge in [-0.25, -0.2) is 18.2 Å². The zero-order chi connectivity index (χ0) is 21.7. The Bertz CT molecular complexity index is 1020. The zero-order valence-corrected chi connectivity index (χ0v) is 15.7. The Morgan fingerprint density at radius 3 is 2.60 bits per heavy atom. The molecule has 1 aromatic carbocycles. The number of hydrogen-bond acceptors (Lipinski definition) is 7. The van der Waals surface area contributed by atoms with Crippen molar-refractivity contribution in [3.63, 3.8) is 0 Å². The van der Waals surface area contributed by atoms with Crippen LogP contribution in [-0.2, 0) is 11.3 Å². The summed E-state index contributed by atoms with van der Waals surface area (Å²) in [5.74, 6) is -3.01. The van der Waals surface area contributed by atoms with Crippen LogP contribution in [0, 0.1) is 17.5 Å². The van der Waals surface area contributed by atoms with Crippen LogP contribution < -0.4 is 16.0 Å². The molecule has 1 amide bonds. The van der Waals surface area contributed by atoms with Crippen molar-refractivity contribution in [1.29, 1.82) is 0 Å². The van der Waals surface area contributed by atoms with E-state index in [1.165, 1.54) is 24.1 Å². The van der Waals surface area contributed by atoms with Gasteiger partial charge in [0.1, 0.15) is 18.2 Å². The van der Waals surface area contributed by atoms with Crippen molar-refractivity contribution < 1.29 is 23.1 Å². The number of benzene rings is 1. The summed E-state index contributed by atoms with van der Waals surface area (Å²) in [5, 5.41) is 21.5. The number of likely N-dealkylation sites (N-methyl/N-ethyl adjacent to an activating group) is 1. The predicted octanol–water partition coefficient (Wildman–Crippen LogP) is 1.73. The number of hydrogen-bond donors (Lipinski definition) is 4. The lowest BCUT2D eigenvalue weighted by Crippen LogP contribution is -2.23. The third kappa shape index (κ3) is 5.23. The zero-order valence-electron chi connectivity index (χ0n) is 15.7. The van der Waals surface area contributed by atoms with E-state index in [4.69, 9.17) is 0 Å². The van der Waals surface area contributed by atoms with Crippen LogP contribution in [0.15, 0.2) is 36.8 Å². The molecule has 0 saturated carbocycles. The molecule has 0 unspecified atom stereocenters. The summed E-state index contributed by atoms with van der Waals surface area (Å²) in [4.78, 5) is 19.2. The summed E-state index contributed by atoms with van der Waals surface area (Å²) in [7, 11) is 1.50. The summed E-state index contributed by atoms with van der Waals surface area (Å²) in [6, 6.07) is 1.73. The number of rotatable bonds is 8. The molecule has 0 aliphatic heterocycles. The van der Waals surface area contributed by atoms with E-state index in [9.17, 15) is 23.1 Å². The molecule has 0 fully saturated rings. The minimum atomic E-state index is -1.01. The van der Waals surface area contributed by atoms with Gasteiger partial charge in [-0.1, -0.05) is 0 Å². The fourth-order valence-electron chi connectivity index (χ4n) is 2.57. The molecule has 1 atom stereocenters. The second-order valence-corrected chi connectivity index (χ2v) is 6.20. The van der Waals surface area contributed by atoms with Gasteiger partial charge in [-0.05, 0) is 17.7 Å². The molecule has 0 aliphatic carbocycles. The van der Waals surface area contributed by atoms with Gasteiger partial charge < -0.3 is 21.1 Å². The van der Waals surface area contributed by atoms with Crippen LogP contribution in [-0.4, -0.2) is 44.4 Å². The molecule has 12 heteroatoms. The van der Waals surface area contributed by atoms with Crippen LogP contribution in [0.25, 0.3) is 0 Å². The largest absolute Gasteiger partial charge is 0.394 e. The van der Waals surface area contributed by atoms with Gasteiger partial charge in [0, 0.05) is 19.3 Å². The summed E-state index contributed by atoms with van der Waals surface area (Å²) >= 11 is 0. The fourth-order valence-corrected chi connectivity index (χ4v) is 2.57. The van der Waals surface area contributed by atoms with Crippen molar-refractivity contribution in [2.45, 2.75) is 12.6 Å². The maximum absolute atomic E-state index is 14.2. The number of nitrogens with zero attached hydrogens (tertiary/aromatic N) is 4. The highest BCUT2D eigenvalue weighted by Crippen LogP contribution is 2.23. The highest BCUT2D eigenvalue weighted by atomic mass is 19.1. The van der Waals surface area contributed by atoms with E-state index in [1.54, 1.807) is 0 Å². The van der Waals surface area contributed by atoms with Crippen LogP contribution in [0.3, 0.4) is 0 Å². The molecular formula is C18H18F3N7O2. The first kappa shape index (κ1) is 21.0. The second kappa shape index (κ2) is 9.22. The summed E-state index contributed by atoms with van der Waals surface area (Å²) in [6.07, 6.45) is 3.85. The molecule has 0 aliphatic rings. The number of aliphatic hydroxyl groups is 1. The lowest BCUT2D eigenvalue weighted by molar-refractivity contribution is -0.121. The molecule has 158 valence electrons. The third-order valence-electron chi connectivity index (χ3n) is 4.00. The first-order valence-corrected chi connectivity index (χ1v) is 8.74. The number of aromatic nitrogens is 4. The minimum Gasteiger partial charge on any atom is -0.394 e. The number of carbonyl (C=O) groups is 1. The molecule has 0 saturated heterocycles. The molecule has 9 nitrogen and oxygen atoms in total. The number of aliphatic hydroxyl groups excluding tert-OH is 1. The van der Waals surface area contributed by atoms with Gasteiger partial charge in [0.15, 0.2) is 11.6 Å². The normalized spacial score (nSPS) is 11.8. The first-order valence-electron chi connectivity index (χ1n) is 8.74. The second-order valence-electron chi connectivity index (χ2n) is 6.20. The highest BCUT2D eigenvalue weighted by molar-refractivity contribution is 5.75. The molecule has 2 aromatic heterocycles. The molecule has 3 aromatic rings. The van der Waals surface area contributed by atoms with E-state index >= 15 is 0 Å². The topological polar surface area (TPSA) is 117 Å². The van der Waals surface area contributed by atoms with Gasteiger partial charge in [-0.2, -0.15) is 10.1 Å². The van der Waals surface area contributed by atoms with E-state index < -0.39 is 30.1 Å². The lowest BCUT2D eigenvalue weighted by Gasteiger charge is -2.18. The Balaban J connectivity index is 1.77. The highest BCUT2D eigenvalue weighted by Gasteiger charge is 2.17. The molecule has 0 bridgehead atoms. The SMILES string of the molecule is CNC(=O)Cn1cc(Nc2ncc(F)c(N[C@H](CO)c3cc(F)cc(F)c3)n2)cn1. The molecular weight excluding hydrogens is 403 g/mol. The van der Waals surface area contributed by atoms with Crippen molar-refractivity contribution in [2.75, 3.05) is 24.3 Å². The molecule has 4 N–H and O–H groups in total. The summed E-state index contributed by atoms with van der Waals surface area (Å²) < 4.78 is 42.5. The Morgan fingerprint density at radius 2 is 1.93 bits per heavy atom. The van der Waals surface area contributed by atoms with Gasteiger partial charge in [-0.15, -0.1) is 0 Å². The Morgan fingerprint density at radius 1 is 1.20 bits per heavy atom. The number of nitrogens with one attached hydrogen (secondary N) is 3. The van der Waals surface area contributed by atoms with Crippen LogP contribution in [0.1, 0.15) is 11.6 Å². The van der Waals surface area contributed by atoms with E-state index in [0.29, 0.717) is 11.8 Å². The van der Waals surface area contributed by atoms with E-state index in [1.807, 2.05) is 0 Å². The van der Waals surface area contributed by atoms with Crippen LogP contribution in [0.5, 0.6) is 0 Å². The number of amides is 1. The first-order chi connectivity index (χ1) is 14.4. The Labute approximate surface area is 169 Å². The number of halogens is 3. The third-order valence-corrected chi connectivity index (χ3v) is 4.00. The van der Waals surface area contributed by atoms with Crippen LogP contribution in [0.2, 0.25) is 0 Å². The molecule has 0 spiro atoms. The van der Waals surface area contributed by atoms with Crippen molar-refractivity contribution in [2.24, 2.45) is 0 Å². The van der Waals surface area contributed by atoms with Crippen molar-refractivity contribution >= 4 is 23.4 Å². The maximum Gasteiger partial charge on any atom is 0.241 e. The van der Waals surface area contributed by atoms with Gasteiger partial charge in [-0.3, -0.25) is 9.48 Å². The molecule has 2 heterocycles. The van der Waals surface area contributed by atoms with Crippen molar-refractivity contribution in [3.8, 4) is 0 Å². The van der Waals surface area contributed by atoms with Crippen LogP contribution in [0.4, 0.5) is 30.6 Å². The summed E-state index contributed by atoms with van der Waals surface area (Å²) in [6.45, 7) is -0.557. The Kier molecular flexibility index (Phi) is 6.47. The van der Waals surface area contributed by atoms with Crippen LogP contribution >= 0.6 is 0 Å². The van der Waals surface area contributed by atoms with Gasteiger partial charge in [0.2, 0.25) is 11.9 Å². The minimum absolute atomic E-state index is 0.000468. The average molecular weight is 421 g/mol. The standard InChI is InChI=1S/C18H18F3N7O2/c1-22-16(30)8-28-7-13(5-24-28)25-18-23-6-14(21)17(27-18)26-15(9-29)10-2-11(19)4-12(20)3-10/h2-7,15,29H,8-9H2,1H3,(H,22,30)(H2,23,25,26,27)/t15-/m1/s1. The van der Waals surface area contributed by atoms with Gasteiger partial charge in [0.25, 0.3) is 0 Å². The molecule has 3 rings (SSSR count). The van der Waals surface area contributed by atoms with E-state index in [-0.39, 0.29) is 29.8 Å². The predicted molar refractivity (Wildman–Crippen MR) is 101 cm³/mol. The monoisotopic (exact) mass is 421 g/mol. The fraction of sp³-hybridized carbons (Fsp3) is 0.222.